The number of phenolic OH excluding ortho intramolecular Hbond substituents is 1. The molecule has 2 atom stereocenters. The highest BCUT2D eigenvalue weighted by Gasteiger charge is 2.23. The quantitative estimate of drug-likeness (QED) is 0.423. The molecule has 1 aromatic rings. The molecule has 0 aliphatic carbocycles. The standard InChI is InChI=1S/C14H23NO5/c1-2-3-10-4-5-12(18)6-11(10)7-15(13(19)8-16)14(20)9-17/h4-6,13-14,16-20H,2-3,7-9H2,1H3. The van der Waals surface area contributed by atoms with E-state index in [4.69, 9.17) is 10.2 Å². The highest BCUT2D eigenvalue weighted by atomic mass is 16.4. The minimum Gasteiger partial charge on any atom is -0.508 e. The molecule has 1 aromatic carbocycles. The van der Waals surface area contributed by atoms with Gasteiger partial charge in [-0.15, -0.1) is 0 Å². The zero-order valence-corrected chi connectivity index (χ0v) is 11.6. The van der Waals surface area contributed by atoms with Crippen molar-refractivity contribution in [2.24, 2.45) is 0 Å². The Morgan fingerprint density at radius 2 is 1.65 bits per heavy atom. The van der Waals surface area contributed by atoms with E-state index in [1.165, 1.54) is 4.90 Å². The molecule has 6 nitrogen and oxygen atoms in total. The average Bonchev–Trinajstić information content (AvgIpc) is 2.45. The van der Waals surface area contributed by atoms with Gasteiger partial charge in [-0.2, -0.15) is 0 Å². The van der Waals surface area contributed by atoms with Gasteiger partial charge in [-0.05, 0) is 29.7 Å². The molecular weight excluding hydrogens is 262 g/mol. The number of benzene rings is 1. The van der Waals surface area contributed by atoms with E-state index in [0.717, 1.165) is 24.0 Å². The van der Waals surface area contributed by atoms with Crippen molar-refractivity contribution < 1.29 is 25.5 Å². The number of aliphatic hydroxyl groups is 4. The minimum absolute atomic E-state index is 0.0942. The van der Waals surface area contributed by atoms with Crippen LogP contribution in [0.25, 0.3) is 0 Å². The molecule has 1 rings (SSSR count). The fourth-order valence-corrected chi connectivity index (χ4v) is 2.09. The first-order chi connectivity index (χ1) is 9.53. The summed E-state index contributed by atoms with van der Waals surface area (Å²) in [4.78, 5) is 1.17. The predicted octanol–water partition coefficient (Wildman–Crippen LogP) is -0.232. The van der Waals surface area contributed by atoms with Crippen LogP contribution in [0, 0.1) is 0 Å². The lowest BCUT2D eigenvalue weighted by atomic mass is 10.0. The van der Waals surface area contributed by atoms with E-state index < -0.39 is 25.7 Å². The van der Waals surface area contributed by atoms with E-state index >= 15 is 0 Å². The zero-order chi connectivity index (χ0) is 15.1. The normalized spacial score (nSPS) is 14.5. The molecule has 2 unspecified atom stereocenters. The van der Waals surface area contributed by atoms with Crippen molar-refractivity contribution in [1.29, 1.82) is 0 Å². The molecule has 0 heterocycles. The van der Waals surface area contributed by atoms with Crippen molar-refractivity contribution in [3.63, 3.8) is 0 Å². The second-order valence-corrected chi connectivity index (χ2v) is 4.70. The van der Waals surface area contributed by atoms with Gasteiger partial charge >= 0.3 is 0 Å². The molecule has 0 radical (unpaired) electrons. The third-order valence-corrected chi connectivity index (χ3v) is 3.15. The molecular formula is C14H23NO5. The number of aliphatic hydroxyl groups excluding tert-OH is 4. The largest absolute Gasteiger partial charge is 0.508 e. The van der Waals surface area contributed by atoms with Crippen LogP contribution in [-0.4, -0.2) is 56.1 Å². The molecule has 0 aliphatic heterocycles. The smallest absolute Gasteiger partial charge is 0.133 e. The molecule has 6 heteroatoms. The summed E-state index contributed by atoms with van der Waals surface area (Å²) in [6, 6.07) is 4.94. The van der Waals surface area contributed by atoms with Gasteiger partial charge < -0.3 is 25.5 Å². The van der Waals surface area contributed by atoms with E-state index in [9.17, 15) is 15.3 Å². The number of rotatable bonds is 8. The maximum atomic E-state index is 9.71. The summed E-state index contributed by atoms with van der Waals surface area (Å²) in [5, 5.41) is 47.0. The maximum absolute atomic E-state index is 9.71. The van der Waals surface area contributed by atoms with Crippen LogP contribution >= 0.6 is 0 Å². The third kappa shape index (κ3) is 4.43. The Hall–Kier alpha value is -1.18. The van der Waals surface area contributed by atoms with Gasteiger partial charge in [-0.25, -0.2) is 4.90 Å². The van der Waals surface area contributed by atoms with E-state index in [1.807, 2.05) is 6.92 Å². The summed E-state index contributed by atoms with van der Waals surface area (Å²) >= 11 is 0. The van der Waals surface area contributed by atoms with Crippen molar-refractivity contribution in [2.75, 3.05) is 13.2 Å². The van der Waals surface area contributed by atoms with E-state index in [2.05, 4.69) is 0 Å². The molecule has 114 valence electrons. The van der Waals surface area contributed by atoms with Crippen LogP contribution in [0.5, 0.6) is 5.75 Å². The zero-order valence-electron chi connectivity index (χ0n) is 11.6. The number of aromatic hydroxyl groups is 1. The Labute approximate surface area is 118 Å². The lowest BCUT2D eigenvalue weighted by Crippen LogP contribution is -2.46. The van der Waals surface area contributed by atoms with Crippen LogP contribution in [-0.2, 0) is 13.0 Å². The van der Waals surface area contributed by atoms with Gasteiger partial charge in [0.2, 0.25) is 0 Å². The summed E-state index contributed by atoms with van der Waals surface area (Å²) in [5.74, 6) is 0.0942. The van der Waals surface area contributed by atoms with Gasteiger partial charge in [0.1, 0.15) is 18.2 Å². The molecule has 20 heavy (non-hydrogen) atoms. The molecule has 5 N–H and O–H groups in total. The Morgan fingerprint density at radius 1 is 1.05 bits per heavy atom. The molecule has 0 amide bonds. The summed E-state index contributed by atoms with van der Waals surface area (Å²) in [7, 11) is 0. The molecule has 0 saturated carbocycles. The number of hydrogen-bond donors (Lipinski definition) is 5. The van der Waals surface area contributed by atoms with Gasteiger partial charge in [0.15, 0.2) is 0 Å². The van der Waals surface area contributed by atoms with Gasteiger partial charge in [0, 0.05) is 6.54 Å². The fourth-order valence-electron chi connectivity index (χ4n) is 2.09. The average molecular weight is 285 g/mol. The maximum Gasteiger partial charge on any atom is 0.133 e. The van der Waals surface area contributed by atoms with Crippen LogP contribution in [0.4, 0.5) is 0 Å². The summed E-state index contributed by atoms with van der Waals surface area (Å²) in [6.45, 7) is 1.03. The second kappa shape index (κ2) is 8.18. The number of nitrogens with zero attached hydrogens (tertiary/aromatic N) is 1. The SMILES string of the molecule is CCCc1ccc(O)cc1CN(C(O)CO)C(O)CO. The van der Waals surface area contributed by atoms with Crippen molar-refractivity contribution >= 4 is 0 Å². The highest BCUT2D eigenvalue weighted by Crippen LogP contribution is 2.21. The minimum atomic E-state index is -1.28. The number of hydrogen-bond acceptors (Lipinski definition) is 6. The highest BCUT2D eigenvalue weighted by molar-refractivity contribution is 5.35. The Kier molecular flexibility index (Phi) is 6.90. The van der Waals surface area contributed by atoms with E-state index in [-0.39, 0.29) is 12.3 Å². The van der Waals surface area contributed by atoms with Crippen LogP contribution < -0.4 is 0 Å². The topological polar surface area (TPSA) is 104 Å². The summed E-state index contributed by atoms with van der Waals surface area (Å²) in [5.41, 5.74) is 1.73. The molecule has 0 fully saturated rings. The van der Waals surface area contributed by atoms with Gasteiger partial charge in [0.25, 0.3) is 0 Å². The van der Waals surface area contributed by atoms with Gasteiger partial charge in [-0.1, -0.05) is 19.4 Å². The van der Waals surface area contributed by atoms with Crippen LogP contribution in [0.3, 0.4) is 0 Å². The van der Waals surface area contributed by atoms with Crippen LogP contribution in [0.15, 0.2) is 18.2 Å². The van der Waals surface area contributed by atoms with Crippen molar-refractivity contribution in [3.8, 4) is 5.75 Å². The first kappa shape index (κ1) is 16.9. The van der Waals surface area contributed by atoms with Gasteiger partial charge in [-0.3, -0.25) is 0 Å². The lowest BCUT2D eigenvalue weighted by molar-refractivity contribution is -0.138. The molecule has 0 aromatic heterocycles. The van der Waals surface area contributed by atoms with E-state index in [0.29, 0.717) is 0 Å². The Morgan fingerprint density at radius 3 is 2.15 bits per heavy atom. The number of aryl methyl sites for hydroxylation is 1. The van der Waals surface area contributed by atoms with Gasteiger partial charge in [0.05, 0.1) is 13.2 Å². The Balaban J connectivity index is 2.99. The first-order valence-corrected chi connectivity index (χ1v) is 6.67. The van der Waals surface area contributed by atoms with E-state index in [1.54, 1.807) is 18.2 Å². The van der Waals surface area contributed by atoms with Crippen LogP contribution in [0.1, 0.15) is 24.5 Å². The molecule has 0 spiro atoms. The molecule has 0 saturated heterocycles. The molecule has 0 aliphatic rings. The fraction of sp³-hybridized carbons (Fsp3) is 0.571. The van der Waals surface area contributed by atoms with Crippen molar-refractivity contribution in [1.82, 2.24) is 4.90 Å². The second-order valence-electron chi connectivity index (χ2n) is 4.70. The lowest BCUT2D eigenvalue weighted by Gasteiger charge is -2.31. The third-order valence-electron chi connectivity index (χ3n) is 3.15. The van der Waals surface area contributed by atoms with Crippen LogP contribution in [0.2, 0.25) is 0 Å². The summed E-state index contributed by atoms with van der Waals surface area (Å²) in [6.07, 6.45) is -0.848. The number of phenols is 1. The summed E-state index contributed by atoms with van der Waals surface area (Å²) < 4.78 is 0. The monoisotopic (exact) mass is 285 g/mol. The first-order valence-electron chi connectivity index (χ1n) is 6.67. The van der Waals surface area contributed by atoms with Crippen molar-refractivity contribution in [2.45, 2.75) is 38.8 Å². The van der Waals surface area contributed by atoms with Crippen molar-refractivity contribution in [3.05, 3.63) is 29.3 Å². The molecule has 0 bridgehead atoms. The Bertz CT molecular complexity index is 403. The predicted molar refractivity (Wildman–Crippen MR) is 73.8 cm³/mol.